The summed E-state index contributed by atoms with van der Waals surface area (Å²) in [7, 11) is 1.58. The van der Waals surface area contributed by atoms with Gasteiger partial charge in [-0.3, -0.25) is 20.4 Å². The van der Waals surface area contributed by atoms with Crippen LogP contribution in [0, 0.1) is 5.92 Å². The van der Waals surface area contributed by atoms with Gasteiger partial charge >= 0.3 is 0 Å². The third kappa shape index (κ3) is 5.81. The van der Waals surface area contributed by atoms with E-state index in [0.29, 0.717) is 18.1 Å². The number of rotatable bonds is 6. The lowest BCUT2D eigenvalue weighted by atomic mass is 9.89. The van der Waals surface area contributed by atoms with E-state index < -0.39 is 0 Å². The van der Waals surface area contributed by atoms with E-state index in [4.69, 9.17) is 9.47 Å². The lowest BCUT2D eigenvalue weighted by Crippen LogP contribution is -2.44. The number of carbonyl (C=O) groups is 2. The van der Waals surface area contributed by atoms with E-state index in [9.17, 15) is 9.59 Å². The van der Waals surface area contributed by atoms with Crippen molar-refractivity contribution in [2.75, 3.05) is 13.7 Å². The lowest BCUT2D eigenvalue weighted by molar-refractivity contribution is -0.130. The van der Waals surface area contributed by atoms with Gasteiger partial charge in [-0.25, -0.2) is 0 Å². The molecule has 0 spiro atoms. The fourth-order valence-corrected chi connectivity index (χ4v) is 2.87. The van der Waals surface area contributed by atoms with Crippen molar-refractivity contribution in [2.24, 2.45) is 5.92 Å². The van der Waals surface area contributed by atoms with Crippen LogP contribution in [0.3, 0.4) is 0 Å². The third-order valence-corrected chi connectivity index (χ3v) is 4.20. The average Bonchev–Trinajstić information content (AvgIpc) is 2.65. The van der Waals surface area contributed by atoms with Gasteiger partial charge in [0.1, 0.15) is 0 Å². The SMILES string of the molecule is CCOc1cc(/C=C/C(=O)NNC(=O)C2CCCCC2)ccc1OC. The van der Waals surface area contributed by atoms with Gasteiger partial charge < -0.3 is 9.47 Å². The molecule has 6 nitrogen and oxygen atoms in total. The van der Waals surface area contributed by atoms with Crippen molar-refractivity contribution < 1.29 is 19.1 Å². The zero-order valence-corrected chi connectivity index (χ0v) is 14.8. The van der Waals surface area contributed by atoms with Crippen LogP contribution in [-0.4, -0.2) is 25.5 Å². The molecule has 0 saturated heterocycles. The van der Waals surface area contributed by atoms with E-state index in [-0.39, 0.29) is 17.7 Å². The van der Waals surface area contributed by atoms with Crippen LogP contribution >= 0.6 is 0 Å². The molecule has 25 heavy (non-hydrogen) atoms. The zero-order chi connectivity index (χ0) is 18.1. The molecule has 2 N–H and O–H groups in total. The quantitative estimate of drug-likeness (QED) is 0.613. The highest BCUT2D eigenvalue weighted by Gasteiger charge is 2.20. The van der Waals surface area contributed by atoms with Gasteiger partial charge in [0.15, 0.2) is 11.5 Å². The minimum Gasteiger partial charge on any atom is -0.493 e. The normalized spacial score (nSPS) is 15.0. The maximum absolute atomic E-state index is 12.0. The van der Waals surface area contributed by atoms with Crippen molar-refractivity contribution in [1.82, 2.24) is 10.9 Å². The van der Waals surface area contributed by atoms with Crippen molar-refractivity contribution in [2.45, 2.75) is 39.0 Å². The Morgan fingerprint density at radius 1 is 1.16 bits per heavy atom. The van der Waals surface area contributed by atoms with Crippen LogP contribution in [0.4, 0.5) is 0 Å². The number of hydrogen-bond acceptors (Lipinski definition) is 4. The minimum atomic E-state index is -0.377. The lowest BCUT2D eigenvalue weighted by Gasteiger charge is -2.20. The summed E-state index contributed by atoms with van der Waals surface area (Å²) in [4.78, 5) is 23.9. The highest BCUT2D eigenvalue weighted by Crippen LogP contribution is 2.28. The van der Waals surface area contributed by atoms with E-state index in [1.807, 2.05) is 13.0 Å². The van der Waals surface area contributed by atoms with Crippen molar-refractivity contribution >= 4 is 17.9 Å². The number of benzene rings is 1. The Kier molecular flexibility index (Phi) is 7.32. The van der Waals surface area contributed by atoms with Gasteiger partial charge in [0.2, 0.25) is 5.91 Å². The molecule has 0 atom stereocenters. The number of amides is 2. The smallest absolute Gasteiger partial charge is 0.262 e. The van der Waals surface area contributed by atoms with Gasteiger partial charge in [0.25, 0.3) is 5.91 Å². The van der Waals surface area contributed by atoms with Crippen LogP contribution in [0.1, 0.15) is 44.6 Å². The molecule has 1 aliphatic carbocycles. The summed E-state index contributed by atoms with van der Waals surface area (Å²) in [6.45, 7) is 2.42. The molecule has 0 heterocycles. The summed E-state index contributed by atoms with van der Waals surface area (Å²) in [5, 5.41) is 0. The molecular weight excluding hydrogens is 320 g/mol. The van der Waals surface area contributed by atoms with Crippen LogP contribution in [0.2, 0.25) is 0 Å². The molecule has 0 bridgehead atoms. The van der Waals surface area contributed by atoms with E-state index in [1.54, 1.807) is 25.3 Å². The third-order valence-electron chi connectivity index (χ3n) is 4.20. The van der Waals surface area contributed by atoms with E-state index in [2.05, 4.69) is 10.9 Å². The number of hydrogen-bond donors (Lipinski definition) is 2. The largest absolute Gasteiger partial charge is 0.493 e. The Balaban J connectivity index is 1.87. The maximum atomic E-state index is 12.0. The number of ether oxygens (including phenoxy) is 2. The van der Waals surface area contributed by atoms with Gasteiger partial charge in [-0.2, -0.15) is 0 Å². The van der Waals surface area contributed by atoms with Gasteiger partial charge in [0, 0.05) is 12.0 Å². The van der Waals surface area contributed by atoms with Crippen molar-refractivity contribution in [3.05, 3.63) is 29.8 Å². The standard InChI is InChI=1S/C19H26N2O4/c1-3-25-17-13-14(9-11-16(17)24-2)10-12-18(22)20-21-19(23)15-7-5-4-6-8-15/h9-13,15H,3-8H2,1-2H3,(H,20,22)(H,21,23)/b12-10+. The summed E-state index contributed by atoms with van der Waals surface area (Å²) in [6.07, 6.45) is 8.15. The summed E-state index contributed by atoms with van der Waals surface area (Å²) in [5.41, 5.74) is 5.74. The van der Waals surface area contributed by atoms with E-state index >= 15 is 0 Å². The van der Waals surface area contributed by atoms with Gasteiger partial charge in [0.05, 0.1) is 13.7 Å². The van der Waals surface area contributed by atoms with Crippen LogP contribution in [0.25, 0.3) is 6.08 Å². The van der Waals surface area contributed by atoms with E-state index in [1.165, 1.54) is 12.5 Å². The first-order valence-electron chi connectivity index (χ1n) is 8.72. The van der Waals surface area contributed by atoms with E-state index in [0.717, 1.165) is 31.2 Å². The van der Waals surface area contributed by atoms with Crippen LogP contribution in [0.15, 0.2) is 24.3 Å². The molecule has 1 fully saturated rings. The molecule has 2 rings (SSSR count). The summed E-state index contributed by atoms with van der Waals surface area (Å²) in [5.74, 6) is 0.789. The molecule has 1 aromatic rings. The highest BCUT2D eigenvalue weighted by molar-refractivity contribution is 5.93. The molecule has 6 heteroatoms. The van der Waals surface area contributed by atoms with Gasteiger partial charge in [-0.05, 0) is 43.5 Å². The molecular formula is C19H26N2O4. The Bertz CT molecular complexity index is 622. The van der Waals surface area contributed by atoms with Gasteiger partial charge in [-0.15, -0.1) is 0 Å². The van der Waals surface area contributed by atoms with Crippen molar-refractivity contribution in [1.29, 1.82) is 0 Å². The predicted molar refractivity (Wildman–Crippen MR) is 96.1 cm³/mol. The number of methoxy groups -OCH3 is 1. The number of carbonyl (C=O) groups excluding carboxylic acids is 2. The molecule has 1 saturated carbocycles. The van der Waals surface area contributed by atoms with Crippen LogP contribution in [-0.2, 0) is 9.59 Å². The first kappa shape index (κ1) is 18.8. The predicted octanol–water partition coefficient (Wildman–Crippen LogP) is 2.83. The van der Waals surface area contributed by atoms with Crippen molar-refractivity contribution in [3.8, 4) is 11.5 Å². The Hall–Kier alpha value is -2.50. The Morgan fingerprint density at radius 3 is 2.60 bits per heavy atom. The summed E-state index contributed by atoms with van der Waals surface area (Å²) < 4.78 is 10.7. The topological polar surface area (TPSA) is 76.7 Å². The molecule has 1 aliphatic rings. The van der Waals surface area contributed by atoms with Crippen LogP contribution < -0.4 is 20.3 Å². The highest BCUT2D eigenvalue weighted by atomic mass is 16.5. The molecule has 0 radical (unpaired) electrons. The molecule has 0 unspecified atom stereocenters. The number of nitrogens with one attached hydrogen (secondary N) is 2. The fourth-order valence-electron chi connectivity index (χ4n) is 2.87. The maximum Gasteiger partial charge on any atom is 0.262 e. The average molecular weight is 346 g/mol. The minimum absolute atomic E-state index is 0.00775. The van der Waals surface area contributed by atoms with Crippen LogP contribution in [0.5, 0.6) is 11.5 Å². The van der Waals surface area contributed by atoms with Crippen molar-refractivity contribution in [3.63, 3.8) is 0 Å². The Morgan fingerprint density at radius 2 is 1.92 bits per heavy atom. The molecule has 2 amide bonds. The monoisotopic (exact) mass is 346 g/mol. The first-order valence-corrected chi connectivity index (χ1v) is 8.72. The summed E-state index contributed by atoms with van der Waals surface area (Å²) >= 11 is 0. The second kappa shape index (κ2) is 9.71. The van der Waals surface area contributed by atoms with Gasteiger partial charge in [-0.1, -0.05) is 25.3 Å². The number of hydrazine groups is 1. The molecule has 0 aliphatic heterocycles. The molecule has 0 aromatic heterocycles. The Labute approximate surface area is 148 Å². The summed E-state index contributed by atoms with van der Waals surface area (Å²) in [6, 6.07) is 5.41. The zero-order valence-electron chi connectivity index (χ0n) is 14.8. The second-order valence-electron chi connectivity index (χ2n) is 5.99. The first-order chi connectivity index (χ1) is 12.1. The second-order valence-corrected chi connectivity index (χ2v) is 5.99. The molecule has 136 valence electrons. The molecule has 1 aromatic carbocycles. The fraction of sp³-hybridized carbons (Fsp3) is 0.474.